The minimum Gasteiger partial charge on any atom is -0.377 e. The fraction of sp³-hybridized carbons (Fsp3) is 0.529. The van der Waals surface area contributed by atoms with Crippen LogP contribution < -0.4 is 5.32 Å². The quantitative estimate of drug-likeness (QED) is 0.898. The van der Waals surface area contributed by atoms with Crippen molar-refractivity contribution in [3.8, 4) is 0 Å². The Labute approximate surface area is 121 Å². The first-order chi connectivity index (χ1) is 9.62. The van der Waals surface area contributed by atoms with Crippen LogP contribution in [0.2, 0.25) is 0 Å². The lowest BCUT2D eigenvalue weighted by Gasteiger charge is -2.37. The lowest BCUT2D eigenvalue weighted by Crippen LogP contribution is -2.36. The number of rotatable bonds is 2. The van der Waals surface area contributed by atoms with Gasteiger partial charge >= 0.3 is 0 Å². The van der Waals surface area contributed by atoms with Crippen molar-refractivity contribution in [2.75, 3.05) is 26.9 Å². The molecule has 3 heteroatoms. The number of ether oxygens (including phenoxy) is 2. The van der Waals surface area contributed by atoms with Gasteiger partial charge < -0.3 is 14.8 Å². The van der Waals surface area contributed by atoms with E-state index in [4.69, 9.17) is 9.47 Å². The molecular weight excluding hydrogens is 250 g/mol. The van der Waals surface area contributed by atoms with Crippen molar-refractivity contribution in [2.24, 2.45) is 0 Å². The Morgan fingerprint density at radius 2 is 2.15 bits per heavy atom. The molecule has 0 unspecified atom stereocenters. The zero-order valence-electron chi connectivity index (χ0n) is 12.5. The molecule has 0 saturated carbocycles. The fourth-order valence-electron chi connectivity index (χ4n) is 3.07. The average Bonchev–Trinajstić information content (AvgIpc) is 2.48. The molecule has 0 spiro atoms. The highest BCUT2D eigenvalue weighted by Crippen LogP contribution is 2.38. The van der Waals surface area contributed by atoms with E-state index in [0.717, 1.165) is 26.2 Å². The van der Waals surface area contributed by atoms with Gasteiger partial charge in [0, 0.05) is 0 Å². The maximum atomic E-state index is 6.03. The smallest absolute Gasteiger partial charge is 0.0879 e. The van der Waals surface area contributed by atoms with E-state index >= 15 is 0 Å². The summed E-state index contributed by atoms with van der Waals surface area (Å²) in [6.45, 7) is 6.58. The first-order valence-corrected chi connectivity index (χ1v) is 7.34. The van der Waals surface area contributed by atoms with Gasteiger partial charge in [0.2, 0.25) is 0 Å². The average molecular weight is 273 g/mol. The summed E-state index contributed by atoms with van der Waals surface area (Å²) in [5.74, 6) is 0. The molecule has 20 heavy (non-hydrogen) atoms. The Hall–Kier alpha value is -1.16. The highest BCUT2D eigenvalue weighted by Gasteiger charge is 2.33. The van der Waals surface area contributed by atoms with Crippen LogP contribution in [-0.2, 0) is 15.1 Å². The van der Waals surface area contributed by atoms with Crippen LogP contribution in [0.5, 0.6) is 0 Å². The third kappa shape index (κ3) is 2.41. The molecule has 1 aromatic rings. The zero-order chi connectivity index (χ0) is 14.2. The lowest BCUT2D eigenvalue weighted by atomic mass is 9.84. The molecule has 0 saturated heterocycles. The van der Waals surface area contributed by atoms with Crippen LogP contribution in [0.25, 0.3) is 5.57 Å². The largest absolute Gasteiger partial charge is 0.377 e. The number of likely N-dealkylation sites (N-methyl/N-ethyl adjacent to an activating group) is 1. The van der Waals surface area contributed by atoms with Gasteiger partial charge in [0.25, 0.3) is 0 Å². The predicted molar refractivity (Wildman–Crippen MR) is 80.6 cm³/mol. The molecule has 2 aliphatic rings. The summed E-state index contributed by atoms with van der Waals surface area (Å²) in [7, 11) is 1.99. The Bertz CT molecular complexity index is 534. The van der Waals surface area contributed by atoms with Gasteiger partial charge in [-0.15, -0.1) is 0 Å². The van der Waals surface area contributed by atoms with Gasteiger partial charge in [0.05, 0.1) is 31.5 Å². The van der Waals surface area contributed by atoms with Crippen molar-refractivity contribution in [3.05, 3.63) is 41.0 Å². The highest BCUT2D eigenvalue weighted by molar-refractivity contribution is 5.67. The molecule has 0 fully saturated rings. The second-order valence-electron chi connectivity index (χ2n) is 6.02. The van der Waals surface area contributed by atoms with Crippen LogP contribution in [0.15, 0.2) is 24.3 Å². The number of hydrogen-bond donors (Lipinski definition) is 1. The third-order valence-corrected chi connectivity index (χ3v) is 4.37. The van der Waals surface area contributed by atoms with Crippen LogP contribution in [0, 0.1) is 0 Å². The molecule has 0 radical (unpaired) electrons. The molecule has 0 amide bonds. The van der Waals surface area contributed by atoms with E-state index in [0.29, 0.717) is 0 Å². The predicted octanol–water partition coefficient (Wildman–Crippen LogP) is 3.02. The summed E-state index contributed by atoms with van der Waals surface area (Å²) in [5.41, 5.74) is 5.14. The van der Waals surface area contributed by atoms with Gasteiger partial charge in [-0.3, -0.25) is 0 Å². The second kappa shape index (κ2) is 5.32. The van der Waals surface area contributed by atoms with Gasteiger partial charge in [0.15, 0.2) is 0 Å². The maximum absolute atomic E-state index is 6.03. The van der Waals surface area contributed by atoms with Crippen molar-refractivity contribution >= 4 is 5.57 Å². The summed E-state index contributed by atoms with van der Waals surface area (Å²) in [5, 5.41) is 3.34. The Kier molecular flexibility index (Phi) is 3.67. The van der Waals surface area contributed by atoms with E-state index in [2.05, 4.69) is 43.4 Å². The summed E-state index contributed by atoms with van der Waals surface area (Å²) in [6.07, 6.45) is 3.19. The minimum atomic E-state index is -0.218. The van der Waals surface area contributed by atoms with Gasteiger partial charge in [-0.25, -0.2) is 0 Å². The van der Waals surface area contributed by atoms with Gasteiger partial charge in [-0.1, -0.05) is 18.2 Å². The van der Waals surface area contributed by atoms with Gasteiger partial charge in [-0.05, 0) is 55.6 Å². The van der Waals surface area contributed by atoms with Crippen LogP contribution in [-0.4, -0.2) is 26.9 Å². The van der Waals surface area contributed by atoms with Crippen LogP contribution >= 0.6 is 0 Å². The van der Waals surface area contributed by atoms with E-state index in [1.54, 1.807) is 0 Å². The topological polar surface area (TPSA) is 30.5 Å². The molecule has 0 aliphatic carbocycles. The van der Waals surface area contributed by atoms with E-state index in [9.17, 15) is 0 Å². The molecule has 3 rings (SSSR count). The summed E-state index contributed by atoms with van der Waals surface area (Å²) < 4.78 is 11.4. The SMILES string of the molecule is CN[C@@H]1COC(C)(C)c2cc(C3=CCOCC3)ccc21. The Morgan fingerprint density at radius 3 is 2.85 bits per heavy atom. The lowest BCUT2D eigenvalue weighted by molar-refractivity contribution is -0.0462. The van der Waals surface area contributed by atoms with Crippen LogP contribution in [0.4, 0.5) is 0 Å². The normalized spacial score (nSPS) is 24.9. The molecular formula is C17H23NO2. The summed E-state index contributed by atoms with van der Waals surface area (Å²) >= 11 is 0. The third-order valence-electron chi connectivity index (χ3n) is 4.37. The minimum absolute atomic E-state index is 0.218. The molecule has 0 bridgehead atoms. The van der Waals surface area contributed by atoms with E-state index in [-0.39, 0.29) is 11.6 Å². The molecule has 3 nitrogen and oxygen atoms in total. The first kappa shape index (κ1) is 13.8. The molecule has 1 aromatic carbocycles. The monoisotopic (exact) mass is 273 g/mol. The van der Waals surface area contributed by atoms with Gasteiger partial charge in [0.1, 0.15) is 0 Å². The van der Waals surface area contributed by atoms with E-state index in [1.165, 1.54) is 22.3 Å². The molecule has 2 heterocycles. The molecule has 1 atom stereocenters. The second-order valence-corrected chi connectivity index (χ2v) is 6.02. The Morgan fingerprint density at radius 1 is 1.30 bits per heavy atom. The van der Waals surface area contributed by atoms with Crippen LogP contribution in [0.3, 0.4) is 0 Å². The molecule has 2 aliphatic heterocycles. The zero-order valence-corrected chi connectivity index (χ0v) is 12.5. The van der Waals surface area contributed by atoms with Crippen molar-refractivity contribution in [3.63, 3.8) is 0 Å². The number of hydrogen-bond acceptors (Lipinski definition) is 3. The fourth-order valence-corrected chi connectivity index (χ4v) is 3.07. The van der Waals surface area contributed by atoms with Crippen molar-refractivity contribution in [2.45, 2.75) is 31.9 Å². The van der Waals surface area contributed by atoms with E-state index < -0.39 is 0 Å². The number of nitrogens with one attached hydrogen (secondary N) is 1. The number of benzene rings is 1. The standard InChI is InChI=1S/C17H23NO2/c1-17(2)15-10-13(12-6-8-19-9-7-12)4-5-14(15)16(18-3)11-20-17/h4-6,10,16,18H,7-9,11H2,1-3H3/t16-/m1/s1. The maximum Gasteiger partial charge on any atom is 0.0879 e. The number of fused-ring (bicyclic) bond motifs is 1. The van der Waals surface area contributed by atoms with Crippen LogP contribution in [0.1, 0.15) is 43.0 Å². The van der Waals surface area contributed by atoms with E-state index in [1.807, 2.05) is 7.05 Å². The molecule has 0 aromatic heterocycles. The highest BCUT2D eigenvalue weighted by atomic mass is 16.5. The van der Waals surface area contributed by atoms with Crippen molar-refractivity contribution < 1.29 is 9.47 Å². The Balaban J connectivity index is 2.03. The summed E-state index contributed by atoms with van der Waals surface area (Å²) in [6, 6.07) is 7.08. The van der Waals surface area contributed by atoms with Gasteiger partial charge in [-0.2, -0.15) is 0 Å². The summed E-state index contributed by atoms with van der Waals surface area (Å²) in [4.78, 5) is 0. The van der Waals surface area contributed by atoms with Crippen molar-refractivity contribution in [1.29, 1.82) is 0 Å². The molecule has 108 valence electrons. The van der Waals surface area contributed by atoms with Crippen molar-refractivity contribution in [1.82, 2.24) is 5.32 Å². The first-order valence-electron chi connectivity index (χ1n) is 7.34. The molecule has 1 N–H and O–H groups in total.